The maximum Gasteiger partial charge on any atom is 0.269 e. The van der Waals surface area contributed by atoms with Crippen LogP contribution >= 0.6 is 0 Å². The third kappa shape index (κ3) is 2.81. The van der Waals surface area contributed by atoms with Crippen LogP contribution in [-0.2, 0) is 6.42 Å². The highest BCUT2D eigenvalue weighted by atomic mass is 16.6. The molecule has 1 aliphatic rings. The highest BCUT2D eigenvalue weighted by Crippen LogP contribution is 2.29. The number of benzene rings is 2. The molecule has 0 bridgehead atoms. The van der Waals surface area contributed by atoms with Gasteiger partial charge >= 0.3 is 0 Å². The number of rotatable bonds is 4. The van der Waals surface area contributed by atoms with Gasteiger partial charge in [-0.25, -0.2) is 0 Å². The number of hydrogen-bond donors (Lipinski definition) is 1. The van der Waals surface area contributed by atoms with Crippen molar-refractivity contribution in [3.05, 3.63) is 63.7 Å². The standard InChI is InChI=1S/C16H16N2O3/c1-11(12-2-7-16-13(10-12)8-9-21-16)17-14-3-5-15(6-4-14)18(19)20/h2-7,10-11,17H,8-9H2,1H3. The molecule has 5 heteroatoms. The Morgan fingerprint density at radius 2 is 2.00 bits per heavy atom. The number of hydrogen-bond acceptors (Lipinski definition) is 4. The monoisotopic (exact) mass is 284 g/mol. The minimum absolute atomic E-state index is 0.0999. The van der Waals surface area contributed by atoms with Crippen molar-refractivity contribution in [2.75, 3.05) is 11.9 Å². The van der Waals surface area contributed by atoms with Crippen molar-refractivity contribution in [2.24, 2.45) is 0 Å². The lowest BCUT2D eigenvalue weighted by atomic mass is 10.0. The van der Waals surface area contributed by atoms with E-state index in [2.05, 4.69) is 18.3 Å². The van der Waals surface area contributed by atoms with E-state index in [0.717, 1.165) is 24.5 Å². The van der Waals surface area contributed by atoms with E-state index in [1.54, 1.807) is 12.1 Å². The van der Waals surface area contributed by atoms with Crippen molar-refractivity contribution >= 4 is 11.4 Å². The molecule has 1 heterocycles. The molecule has 1 atom stereocenters. The fourth-order valence-electron chi connectivity index (χ4n) is 2.49. The predicted molar refractivity (Wildman–Crippen MR) is 80.8 cm³/mol. The molecule has 1 N–H and O–H groups in total. The molecule has 0 saturated carbocycles. The first kappa shape index (κ1) is 13.4. The molecule has 0 spiro atoms. The topological polar surface area (TPSA) is 64.4 Å². The van der Waals surface area contributed by atoms with Crippen LogP contribution in [0.4, 0.5) is 11.4 Å². The van der Waals surface area contributed by atoms with Crippen molar-refractivity contribution in [1.29, 1.82) is 0 Å². The summed E-state index contributed by atoms with van der Waals surface area (Å²) in [6.45, 7) is 2.82. The molecule has 3 rings (SSSR count). The van der Waals surface area contributed by atoms with Gasteiger partial charge in [0.15, 0.2) is 0 Å². The Hall–Kier alpha value is -2.56. The molecule has 21 heavy (non-hydrogen) atoms. The molecule has 5 nitrogen and oxygen atoms in total. The number of nitrogens with one attached hydrogen (secondary N) is 1. The lowest BCUT2D eigenvalue weighted by molar-refractivity contribution is -0.384. The van der Waals surface area contributed by atoms with Gasteiger partial charge in [-0.1, -0.05) is 6.07 Å². The summed E-state index contributed by atoms with van der Waals surface area (Å²) in [4.78, 5) is 10.2. The van der Waals surface area contributed by atoms with Crippen molar-refractivity contribution in [2.45, 2.75) is 19.4 Å². The van der Waals surface area contributed by atoms with Gasteiger partial charge in [0.25, 0.3) is 5.69 Å². The van der Waals surface area contributed by atoms with Crippen LogP contribution in [0.2, 0.25) is 0 Å². The molecule has 0 fully saturated rings. The first-order valence-corrected chi connectivity index (χ1v) is 6.90. The largest absolute Gasteiger partial charge is 0.493 e. The molecule has 0 amide bonds. The minimum Gasteiger partial charge on any atom is -0.493 e. The fraction of sp³-hybridized carbons (Fsp3) is 0.250. The Labute approximate surface area is 122 Å². The number of nitro groups is 1. The van der Waals surface area contributed by atoms with Crippen LogP contribution in [0.25, 0.3) is 0 Å². The first-order chi connectivity index (χ1) is 10.1. The third-order valence-corrected chi connectivity index (χ3v) is 3.67. The summed E-state index contributed by atoms with van der Waals surface area (Å²) in [5.41, 5.74) is 3.38. The molecule has 108 valence electrons. The smallest absolute Gasteiger partial charge is 0.269 e. The normalized spacial score (nSPS) is 14.1. The minimum atomic E-state index is -0.395. The average Bonchev–Trinajstić information content (AvgIpc) is 2.95. The molecule has 2 aromatic rings. The van der Waals surface area contributed by atoms with Crippen LogP contribution in [0, 0.1) is 10.1 Å². The van der Waals surface area contributed by atoms with Crippen molar-refractivity contribution in [3.63, 3.8) is 0 Å². The first-order valence-electron chi connectivity index (χ1n) is 6.90. The zero-order chi connectivity index (χ0) is 14.8. The maximum atomic E-state index is 10.6. The summed E-state index contributed by atoms with van der Waals surface area (Å²) < 4.78 is 5.50. The van der Waals surface area contributed by atoms with Gasteiger partial charge in [0.05, 0.1) is 11.5 Å². The van der Waals surface area contributed by atoms with Crippen molar-refractivity contribution < 1.29 is 9.66 Å². The summed E-state index contributed by atoms with van der Waals surface area (Å²) in [6.07, 6.45) is 0.952. The van der Waals surface area contributed by atoms with Crippen LogP contribution in [0.1, 0.15) is 24.1 Å². The molecule has 0 aliphatic carbocycles. The Bertz CT molecular complexity index is 668. The van der Waals surface area contributed by atoms with Gasteiger partial charge in [0, 0.05) is 30.3 Å². The Morgan fingerprint density at radius 3 is 2.71 bits per heavy atom. The summed E-state index contributed by atoms with van der Waals surface area (Å²) in [6, 6.07) is 12.8. The van der Waals surface area contributed by atoms with Crippen molar-refractivity contribution in [1.82, 2.24) is 0 Å². The van der Waals surface area contributed by atoms with Crippen LogP contribution in [0.5, 0.6) is 5.75 Å². The molecule has 0 aromatic heterocycles. The summed E-state index contributed by atoms with van der Waals surface area (Å²) in [5, 5.41) is 14.0. The van der Waals surface area contributed by atoms with Crippen LogP contribution in [-0.4, -0.2) is 11.5 Å². The van der Waals surface area contributed by atoms with E-state index in [4.69, 9.17) is 4.74 Å². The predicted octanol–water partition coefficient (Wildman–Crippen LogP) is 3.70. The maximum absolute atomic E-state index is 10.6. The quantitative estimate of drug-likeness (QED) is 0.686. The van der Waals surface area contributed by atoms with Gasteiger partial charge in [-0.15, -0.1) is 0 Å². The zero-order valence-corrected chi connectivity index (χ0v) is 11.7. The lowest BCUT2D eigenvalue weighted by Gasteiger charge is -2.16. The van der Waals surface area contributed by atoms with Crippen LogP contribution < -0.4 is 10.1 Å². The van der Waals surface area contributed by atoms with Gasteiger partial charge in [-0.05, 0) is 42.3 Å². The van der Waals surface area contributed by atoms with Crippen LogP contribution in [0.3, 0.4) is 0 Å². The molecule has 0 radical (unpaired) electrons. The molecule has 2 aromatic carbocycles. The Morgan fingerprint density at radius 1 is 1.24 bits per heavy atom. The fourth-order valence-corrected chi connectivity index (χ4v) is 2.49. The van der Waals surface area contributed by atoms with E-state index < -0.39 is 4.92 Å². The van der Waals surface area contributed by atoms with E-state index in [1.165, 1.54) is 23.3 Å². The second kappa shape index (κ2) is 5.44. The summed E-state index contributed by atoms with van der Waals surface area (Å²) in [7, 11) is 0. The van der Waals surface area contributed by atoms with E-state index in [1.807, 2.05) is 12.1 Å². The van der Waals surface area contributed by atoms with Gasteiger partial charge in [-0.2, -0.15) is 0 Å². The van der Waals surface area contributed by atoms with Gasteiger partial charge < -0.3 is 10.1 Å². The number of ether oxygens (including phenoxy) is 1. The number of fused-ring (bicyclic) bond motifs is 1. The zero-order valence-electron chi connectivity index (χ0n) is 11.7. The van der Waals surface area contributed by atoms with Crippen LogP contribution in [0.15, 0.2) is 42.5 Å². The van der Waals surface area contributed by atoms with Gasteiger partial charge in [0.2, 0.25) is 0 Å². The summed E-state index contributed by atoms with van der Waals surface area (Å²) in [5.74, 6) is 0.973. The number of nitro benzene ring substituents is 1. The molecular formula is C16H16N2O3. The third-order valence-electron chi connectivity index (χ3n) is 3.67. The van der Waals surface area contributed by atoms with E-state index in [9.17, 15) is 10.1 Å². The molecular weight excluding hydrogens is 268 g/mol. The highest BCUT2D eigenvalue weighted by Gasteiger charge is 2.14. The number of non-ortho nitro benzene ring substituents is 1. The lowest BCUT2D eigenvalue weighted by Crippen LogP contribution is -2.06. The summed E-state index contributed by atoms with van der Waals surface area (Å²) >= 11 is 0. The van der Waals surface area contributed by atoms with Gasteiger partial charge in [0.1, 0.15) is 5.75 Å². The Balaban J connectivity index is 1.73. The van der Waals surface area contributed by atoms with E-state index in [0.29, 0.717) is 0 Å². The van der Waals surface area contributed by atoms with E-state index >= 15 is 0 Å². The molecule has 1 unspecified atom stereocenters. The second-order valence-electron chi connectivity index (χ2n) is 5.14. The number of nitrogens with zero attached hydrogens (tertiary/aromatic N) is 1. The molecule has 1 aliphatic heterocycles. The van der Waals surface area contributed by atoms with Crippen molar-refractivity contribution in [3.8, 4) is 5.75 Å². The molecule has 0 saturated heterocycles. The average molecular weight is 284 g/mol. The van der Waals surface area contributed by atoms with E-state index in [-0.39, 0.29) is 11.7 Å². The Kier molecular flexibility index (Phi) is 3.48. The number of anilines is 1. The highest BCUT2D eigenvalue weighted by molar-refractivity contribution is 5.50. The van der Waals surface area contributed by atoms with Gasteiger partial charge in [-0.3, -0.25) is 10.1 Å². The SMILES string of the molecule is CC(Nc1ccc([N+](=O)[O-])cc1)c1ccc2c(c1)CCO2. The second-order valence-corrected chi connectivity index (χ2v) is 5.14.